The van der Waals surface area contributed by atoms with Gasteiger partial charge in [0.25, 0.3) is 0 Å². The molecule has 25 heavy (non-hydrogen) atoms. The number of carbonyl (C=O) groups excluding carboxylic acids is 1. The normalized spacial score (nSPS) is 22.9. The molecule has 3 rings (SSSR count). The third-order valence-corrected chi connectivity index (χ3v) is 7.24. The molecular weight excluding hydrogens is 338 g/mol. The Morgan fingerprint density at radius 3 is 2.48 bits per heavy atom. The van der Waals surface area contributed by atoms with Gasteiger partial charge in [-0.25, -0.2) is 8.42 Å². The van der Waals surface area contributed by atoms with Crippen LogP contribution in [0.2, 0.25) is 0 Å². The van der Waals surface area contributed by atoms with Crippen molar-refractivity contribution in [3.63, 3.8) is 0 Å². The highest BCUT2D eigenvalue weighted by Gasteiger charge is 2.33. The van der Waals surface area contributed by atoms with Crippen LogP contribution in [-0.2, 0) is 14.8 Å². The smallest absolute Gasteiger partial charge is 0.243 e. The Balaban J connectivity index is 1.60. The quantitative estimate of drug-likeness (QED) is 0.840. The summed E-state index contributed by atoms with van der Waals surface area (Å²) < 4.78 is 27.2. The van der Waals surface area contributed by atoms with Crippen LogP contribution in [0.15, 0.2) is 23.1 Å². The number of hydrogen-bond acceptors (Lipinski definition) is 4. The molecule has 2 heterocycles. The number of carbonyl (C=O) groups is 1. The lowest BCUT2D eigenvalue weighted by molar-refractivity contribution is -0.126. The molecule has 0 bridgehead atoms. The Morgan fingerprint density at radius 2 is 1.88 bits per heavy atom. The molecule has 2 aliphatic rings. The molecule has 1 atom stereocenters. The third-order valence-electron chi connectivity index (χ3n) is 5.35. The van der Waals surface area contributed by atoms with Crippen molar-refractivity contribution in [1.82, 2.24) is 14.9 Å². The van der Waals surface area contributed by atoms with Crippen LogP contribution in [0.25, 0.3) is 0 Å². The number of amides is 1. The van der Waals surface area contributed by atoms with E-state index < -0.39 is 10.0 Å². The van der Waals surface area contributed by atoms with Gasteiger partial charge in [0.2, 0.25) is 15.9 Å². The van der Waals surface area contributed by atoms with E-state index in [1.807, 2.05) is 19.9 Å². The maximum absolute atomic E-state index is 12.8. The van der Waals surface area contributed by atoms with Gasteiger partial charge in [-0.15, -0.1) is 0 Å². The van der Waals surface area contributed by atoms with Gasteiger partial charge in [-0.1, -0.05) is 6.07 Å². The lowest BCUT2D eigenvalue weighted by atomic mass is 9.97. The number of rotatable bonds is 4. The minimum absolute atomic E-state index is 0.0666. The van der Waals surface area contributed by atoms with Crippen molar-refractivity contribution in [3.8, 4) is 0 Å². The maximum atomic E-state index is 12.8. The van der Waals surface area contributed by atoms with Crippen LogP contribution in [0.5, 0.6) is 0 Å². The van der Waals surface area contributed by atoms with E-state index >= 15 is 0 Å². The molecule has 2 saturated heterocycles. The number of nitrogens with zero attached hydrogens (tertiary/aromatic N) is 1. The van der Waals surface area contributed by atoms with Gasteiger partial charge < -0.3 is 10.6 Å². The van der Waals surface area contributed by atoms with E-state index in [9.17, 15) is 13.2 Å². The molecule has 138 valence electrons. The summed E-state index contributed by atoms with van der Waals surface area (Å²) in [7, 11) is -3.48. The van der Waals surface area contributed by atoms with Crippen molar-refractivity contribution in [2.45, 2.75) is 44.0 Å². The number of aryl methyl sites for hydroxylation is 2. The molecule has 0 aliphatic carbocycles. The Kier molecular flexibility index (Phi) is 5.46. The first kappa shape index (κ1) is 18.4. The number of nitrogens with one attached hydrogen (secondary N) is 2. The Morgan fingerprint density at radius 1 is 1.16 bits per heavy atom. The van der Waals surface area contributed by atoms with Gasteiger partial charge >= 0.3 is 0 Å². The zero-order chi connectivity index (χ0) is 18.0. The van der Waals surface area contributed by atoms with Crippen molar-refractivity contribution in [3.05, 3.63) is 29.3 Å². The second-order valence-electron chi connectivity index (χ2n) is 7.12. The molecule has 2 N–H and O–H groups in total. The first-order valence-electron chi connectivity index (χ1n) is 8.96. The highest BCUT2D eigenvalue weighted by molar-refractivity contribution is 7.89. The lowest BCUT2D eigenvalue weighted by Crippen LogP contribution is -2.45. The Bertz CT molecular complexity index is 734. The molecule has 0 radical (unpaired) electrons. The first-order chi connectivity index (χ1) is 11.9. The molecule has 2 aliphatic heterocycles. The van der Waals surface area contributed by atoms with E-state index in [0.29, 0.717) is 30.8 Å². The molecule has 2 fully saturated rings. The van der Waals surface area contributed by atoms with Crippen LogP contribution in [0.4, 0.5) is 0 Å². The molecule has 1 unspecified atom stereocenters. The summed E-state index contributed by atoms with van der Waals surface area (Å²) in [6, 6.07) is 5.46. The van der Waals surface area contributed by atoms with Crippen molar-refractivity contribution in [2.24, 2.45) is 5.92 Å². The molecule has 6 nitrogen and oxygen atoms in total. The van der Waals surface area contributed by atoms with Gasteiger partial charge in [0, 0.05) is 31.6 Å². The van der Waals surface area contributed by atoms with Crippen LogP contribution in [0, 0.1) is 19.8 Å². The van der Waals surface area contributed by atoms with Gasteiger partial charge in [0.15, 0.2) is 0 Å². The minimum atomic E-state index is -3.48. The molecule has 1 amide bonds. The lowest BCUT2D eigenvalue weighted by Gasteiger charge is -2.31. The standard InChI is InChI=1S/C18H27N3O3S/c1-13-3-4-17(11-14(13)2)25(23,24)21-9-6-15(7-10-21)18(22)20-16-5-8-19-12-16/h3-4,11,15-16,19H,5-10,12H2,1-2H3,(H,20,22). The molecule has 7 heteroatoms. The zero-order valence-electron chi connectivity index (χ0n) is 14.9. The van der Waals surface area contributed by atoms with Gasteiger partial charge in [0.05, 0.1) is 4.90 Å². The third kappa shape index (κ3) is 4.04. The van der Waals surface area contributed by atoms with E-state index in [1.165, 1.54) is 4.31 Å². The van der Waals surface area contributed by atoms with Gasteiger partial charge in [-0.2, -0.15) is 4.31 Å². The average molecular weight is 365 g/mol. The van der Waals surface area contributed by atoms with Crippen molar-refractivity contribution < 1.29 is 13.2 Å². The number of sulfonamides is 1. The highest BCUT2D eigenvalue weighted by Crippen LogP contribution is 2.25. The highest BCUT2D eigenvalue weighted by atomic mass is 32.2. The average Bonchev–Trinajstić information content (AvgIpc) is 3.10. The maximum Gasteiger partial charge on any atom is 0.243 e. The molecule has 0 saturated carbocycles. The second-order valence-corrected chi connectivity index (χ2v) is 9.06. The van der Waals surface area contributed by atoms with Crippen LogP contribution in [0.1, 0.15) is 30.4 Å². The van der Waals surface area contributed by atoms with E-state index in [2.05, 4.69) is 10.6 Å². The van der Waals surface area contributed by atoms with Gasteiger partial charge in [-0.3, -0.25) is 4.79 Å². The van der Waals surface area contributed by atoms with E-state index in [-0.39, 0.29) is 17.9 Å². The van der Waals surface area contributed by atoms with Crippen LogP contribution in [0.3, 0.4) is 0 Å². The fraction of sp³-hybridized carbons (Fsp3) is 0.611. The zero-order valence-corrected chi connectivity index (χ0v) is 15.7. The van der Waals surface area contributed by atoms with Crippen LogP contribution in [-0.4, -0.2) is 50.9 Å². The topological polar surface area (TPSA) is 78.5 Å². The fourth-order valence-electron chi connectivity index (χ4n) is 3.48. The summed E-state index contributed by atoms with van der Waals surface area (Å²) in [4.78, 5) is 12.7. The SMILES string of the molecule is Cc1ccc(S(=O)(=O)N2CCC(C(=O)NC3CCNC3)CC2)cc1C. The summed E-state index contributed by atoms with van der Waals surface area (Å²) in [6.07, 6.45) is 2.12. The van der Waals surface area contributed by atoms with Crippen molar-refractivity contribution >= 4 is 15.9 Å². The fourth-order valence-corrected chi connectivity index (χ4v) is 5.03. The Hall–Kier alpha value is -1.44. The predicted octanol–water partition coefficient (Wildman–Crippen LogP) is 1.18. The van der Waals surface area contributed by atoms with Gasteiger partial charge in [-0.05, 0) is 62.9 Å². The summed E-state index contributed by atoms with van der Waals surface area (Å²) >= 11 is 0. The minimum Gasteiger partial charge on any atom is -0.352 e. The van der Waals surface area contributed by atoms with Crippen LogP contribution >= 0.6 is 0 Å². The summed E-state index contributed by atoms with van der Waals surface area (Å²) in [5.41, 5.74) is 2.05. The molecule has 0 aromatic heterocycles. The number of benzene rings is 1. The van der Waals surface area contributed by atoms with E-state index in [1.54, 1.807) is 12.1 Å². The summed E-state index contributed by atoms with van der Waals surface area (Å²) in [5, 5.41) is 6.31. The number of piperidine rings is 1. The molecule has 1 aromatic rings. The predicted molar refractivity (Wildman–Crippen MR) is 96.8 cm³/mol. The largest absolute Gasteiger partial charge is 0.352 e. The van der Waals surface area contributed by atoms with Gasteiger partial charge in [0.1, 0.15) is 0 Å². The van der Waals surface area contributed by atoms with Crippen molar-refractivity contribution in [2.75, 3.05) is 26.2 Å². The molecule has 0 spiro atoms. The molecular formula is C18H27N3O3S. The molecule has 1 aromatic carbocycles. The monoisotopic (exact) mass is 365 g/mol. The second kappa shape index (κ2) is 7.43. The van der Waals surface area contributed by atoms with Crippen molar-refractivity contribution in [1.29, 1.82) is 0 Å². The first-order valence-corrected chi connectivity index (χ1v) is 10.4. The van der Waals surface area contributed by atoms with E-state index in [4.69, 9.17) is 0 Å². The summed E-state index contributed by atoms with van der Waals surface area (Å²) in [6.45, 7) is 6.45. The summed E-state index contributed by atoms with van der Waals surface area (Å²) in [5.74, 6) is -0.0243. The Labute approximate surface area is 150 Å². The number of hydrogen-bond donors (Lipinski definition) is 2. The van der Waals surface area contributed by atoms with E-state index in [0.717, 1.165) is 30.6 Å². The van der Waals surface area contributed by atoms with Crippen LogP contribution < -0.4 is 10.6 Å².